The van der Waals surface area contributed by atoms with Crippen LogP contribution in [-0.4, -0.2) is 24.9 Å². The van der Waals surface area contributed by atoms with Crippen molar-refractivity contribution in [1.82, 2.24) is 0 Å². The molecule has 3 unspecified atom stereocenters. The van der Waals surface area contributed by atoms with Gasteiger partial charge in [-0.15, -0.1) is 0 Å². The van der Waals surface area contributed by atoms with Crippen LogP contribution in [0.25, 0.3) is 0 Å². The first-order chi connectivity index (χ1) is 5.65. The van der Waals surface area contributed by atoms with E-state index < -0.39 is 0 Å². The predicted molar refractivity (Wildman–Crippen MR) is 48.9 cm³/mol. The van der Waals surface area contributed by atoms with Crippen LogP contribution >= 0.6 is 0 Å². The minimum absolute atomic E-state index is 0.0925. The van der Waals surface area contributed by atoms with E-state index in [-0.39, 0.29) is 6.10 Å². The molecule has 0 aromatic rings. The topological polar surface area (TPSA) is 29.5 Å². The third-order valence-corrected chi connectivity index (χ3v) is 2.93. The standard InChI is InChI=1S/C10H20O2/c1-7(2)9-4-8(6-12-3)5-10(9)11/h7-11H,4-6H2,1-3H3. The molecule has 12 heavy (non-hydrogen) atoms. The van der Waals surface area contributed by atoms with Crippen LogP contribution in [0.1, 0.15) is 26.7 Å². The number of hydrogen-bond acceptors (Lipinski definition) is 2. The molecule has 1 fully saturated rings. The van der Waals surface area contributed by atoms with E-state index in [2.05, 4.69) is 13.8 Å². The van der Waals surface area contributed by atoms with Gasteiger partial charge in [0.25, 0.3) is 0 Å². The molecule has 0 saturated heterocycles. The fourth-order valence-electron chi connectivity index (χ4n) is 2.24. The highest BCUT2D eigenvalue weighted by Crippen LogP contribution is 2.35. The van der Waals surface area contributed by atoms with Crippen LogP contribution < -0.4 is 0 Å². The summed E-state index contributed by atoms with van der Waals surface area (Å²) in [4.78, 5) is 0. The third kappa shape index (κ3) is 2.20. The number of ether oxygens (including phenoxy) is 1. The first kappa shape index (κ1) is 10.0. The van der Waals surface area contributed by atoms with Crippen molar-refractivity contribution in [2.45, 2.75) is 32.8 Å². The summed E-state index contributed by atoms with van der Waals surface area (Å²) in [6.07, 6.45) is 1.97. The first-order valence-corrected chi connectivity index (χ1v) is 4.82. The van der Waals surface area contributed by atoms with Crippen molar-refractivity contribution in [3.8, 4) is 0 Å². The summed E-state index contributed by atoms with van der Waals surface area (Å²) in [6, 6.07) is 0. The van der Waals surface area contributed by atoms with Gasteiger partial charge in [-0.2, -0.15) is 0 Å². The third-order valence-electron chi connectivity index (χ3n) is 2.93. The number of rotatable bonds is 3. The average Bonchev–Trinajstić information content (AvgIpc) is 2.32. The second-order valence-corrected chi connectivity index (χ2v) is 4.27. The zero-order valence-electron chi connectivity index (χ0n) is 8.29. The van der Waals surface area contributed by atoms with Crippen molar-refractivity contribution in [1.29, 1.82) is 0 Å². The van der Waals surface area contributed by atoms with Crippen molar-refractivity contribution >= 4 is 0 Å². The molecule has 0 spiro atoms. The quantitative estimate of drug-likeness (QED) is 0.701. The van der Waals surface area contributed by atoms with Gasteiger partial charge in [-0.25, -0.2) is 0 Å². The highest BCUT2D eigenvalue weighted by molar-refractivity contribution is 4.84. The van der Waals surface area contributed by atoms with E-state index in [1.54, 1.807) is 7.11 Å². The lowest BCUT2D eigenvalue weighted by molar-refractivity contribution is 0.104. The Morgan fingerprint density at radius 3 is 2.50 bits per heavy atom. The molecular formula is C10H20O2. The largest absolute Gasteiger partial charge is 0.393 e. The lowest BCUT2D eigenvalue weighted by Crippen LogP contribution is -2.18. The molecule has 1 N–H and O–H groups in total. The van der Waals surface area contributed by atoms with Gasteiger partial charge in [0.2, 0.25) is 0 Å². The fraction of sp³-hybridized carbons (Fsp3) is 1.00. The van der Waals surface area contributed by atoms with Crippen LogP contribution in [0.15, 0.2) is 0 Å². The van der Waals surface area contributed by atoms with E-state index in [0.29, 0.717) is 17.8 Å². The first-order valence-electron chi connectivity index (χ1n) is 4.82. The monoisotopic (exact) mass is 172 g/mol. The second kappa shape index (κ2) is 4.24. The predicted octanol–water partition coefficient (Wildman–Crippen LogP) is 1.68. The molecule has 2 heteroatoms. The highest BCUT2D eigenvalue weighted by Gasteiger charge is 2.34. The molecule has 0 heterocycles. The molecule has 0 aromatic heterocycles. The number of aliphatic hydroxyl groups excluding tert-OH is 1. The Kier molecular flexibility index (Phi) is 3.53. The van der Waals surface area contributed by atoms with Crippen LogP contribution in [0, 0.1) is 17.8 Å². The van der Waals surface area contributed by atoms with Gasteiger partial charge in [0.1, 0.15) is 0 Å². The van der Waals surface area contributed by atoms with Gasteiger partial charge in [-0.3, -0.25) is 0 Å². The van der Waals surface area contributed by atoms with Crippen molar-refractivity contribution in [3.63, 3.8) is 0 Å². The molecule has 0 bridgehead atoms. The Bertz CT molecular complexity index is 134. The Labute approximate surface area is 74.9 Å². The van der Waals surface area contributed by atoms with Crippen molar-refractivity contribution in [3.05, 3.63) is 0 Å². The summed E-state index contributed by atoms with van der Waals surface area (Å²) in [5.74, 6) is 1.67. The van der Waals surface area contributed by atoms with Crippen molar-refractivity contribution in [2.75, 3.05) is 13.7 Å². The van der Waals surface area contributed by atoms with Crippen LogP contribution in [0.3, 0.4) is 0 Å². The van der Waals surface area contributed by atoms with Crippen LogP contribution in [0.5, 0.6) is 0 Å². The van der Waals surface area contributed by atoms with Gasteiger partial charge in [-0.05, 0) is 30.6 Å². The Hall–Kier alpha value is -0.0800. The molecule has 3 atom stereocenters. The van der Waals surface area contributed by atoms with Crippen molar-refractivity contribution in [2.24, 2.45) is 17.8 Å². The highest BCUT2D eigenvalue weighted by atomic mass is 16.5. The lowest BCUT2D eigenvalue weighted by atomic mass is 9.92. The molecule has 1 aliphatic carbocycles. The molecule has 1 saturated carbocycles. The van der Waals surface area contributed by atoms with Gasteiger partial charge in [-0.1, -0.05) is 13.8 Å². The maximum atomic E-state index is 9.70. The molecule has 1 rings (SSSR count). The summed E-state index contributed by atoms with van der Waals surface area (Å²) in [5, 5.41) is 9.70. The van der Waals surface area contributed by atoms with Gasteiger partial charge in [0.05, 0.1) is 6.10 Å². The van der Waals surface area contributed by atoms with Gasteiger partial charge >= 0.3 is 0 Å². The summed E-state index contributed by atoms with van der Waals surface area (Å²) in [7, 11) is 1.73. The molecule has 0 aliphatic heterocycles. The summed E-state index contributed by atoms with van der Waals surface area (Å²) < 4.78 is 5.09. The van der Waals surface area contributed by atoms with Gasteiger partial charge in [0.15, 0.2) is 0 Å². The minimum Gasteiger partial charge on any atom is -0.393 e. The van der Waals surface area contributed by atoms with Crippen LogP contribution in [-0.2, 0) is 4.74 Å². The molecule has 1 aliphatic rings. The summed E-state index contributed by atoms with van der Waals surface area (Å²) in [5.41, 5.74) is 0. The normalized spacial score (nSPS) is 36.2. The molecule has 2 nitrogen and oxygen atoms in total. The smallest absolute Gasteiger partial charge is 0.0574 e. The Morgan fingerprint density at radius 1 is 1.42 bits per heavy atom. The minimum atomic E-state index is -0.0925. The van der Waals surface area contributed by atoms with Crippen LogP contribution in [0.2, 0.25) is 0 Å². The van der Waals surface area contributed by atoms with Crippen molar-refractivity contribution < 1.29 is 9.84 Å². The number of aliphatic hydroxyl groups is 1. The fourth-order valence-corrected chi connectivity index (χ4v) is 2.24. The van der Waals surface area contributed by atoms with Crippen LogP contribution in [0.4, 0.5) is 0 Å². The Balaban J connectivity index is 2.39. The van der Waals surface area contributed by atoms with E-state index >= 15 is 0 Å². The molecule has 0 radical (unpaired) electrons. The molecule has 0 aromatic carbocycles. The Morgan fingerprint density at radius 2 is 2.08 bits per heavy atom. The maximum Gasteiger partial charge on any atom is 0.0574 e. The van der Waals surface area contributed by atoms with E-state index in [1.165, 1.54) is 0 Å². The summed E-state index contributed by atoms with van der Waals surface area (Å²) >= 11 is 0. The lowest BCUT2D eigenvalue weighted by Gasteiger charge is -2.17. The van der Waals surface area contributed by atoms with E-state index in [0.717, 1.165) is 19.4 Å². The SMILES string of the molecule is COCC1CC(O)C(C(C)C)C1. The second-order valence-electron chi connectivity index (χ2n) is 4.27. The van der Waals surface area contributed by atoms with Gasteiger partial charge < -0.3 is 9.84 Å². The average molecular weight is 172 g/mol. The van der Waals surface area contributed by atoms with Gasteiger partial charge in [0, 0.05) is 13.7 Å². The maximum absolute atomic E-state index is 9.70. The number of hydrogen-bond donors (Lipinski definition) is 1. The molecule has 72 valence electrons. The zero-order chi connectivity index (χ0) is 9.14. The molecular weight excluding hydrogens is 152 g/mol. The van der Waals surface area contributed by atoms with E-state index in [9.17, 15) is 5.11 Å². The zero-order valence-corrected chi connectivity index (χ0v) is 8.29. The molecule has 0 amide bonds. The van der Waals surface area contributed by atoms with E-state index in [4.69, 9.17) is 4.74 Å². The summed E-state index contributed by atoms with van der Waals surface area (Å²) in [6.45, 7) is 5.17. The number of methoxy groups -OCH3 is 1. The van der Waals surface area contributed by atoms with E-state index in [1.807, 2.05) is 0 Å².